The second-order valence-electron chi connectivity index (χ2n) is 4.35. The molecule has 0 spiro atoms. The van der Waals surface area contributed by atoms with E-state index in [0.717, 1.165) is 11.4 Å². The molecule has 90 valence electrons. The van der Waals surface area contributed by atoms with E-state index in [9.17, 15) is 4.79 Å². The number of imidazole rings is 1. The van der Waals surface area contributed by atoms with E-state index in [1.54, 1.807) is 0 Å². The molecular weight excluding hydrogens is 206 g/mol. The SMILES string of the molecule is CN(C)Cc1nc(C(N)=O)[nH]c1CN(C)C. The van der Waals surface area contributed by atoms with Crippen molar-refractivity contribution in [3.8, 4) is 0 Å². The van der Waals surface area contributed by atoms with E-state index in [1.165, 1.54) is 0 Å². The van der Waals surface area contributed by atoms with Gasteiger partial charge in [-0.2, -0.15) is 0 Å². The van der Waals surface area contributed by atoms with Gasteiger partial charge in [0.15, 0.2) is 5.82 Å². The first-order valence-corrected chi connectivity index (χ1v) is 5.07. The summed E-state index contributed by atoms with van der Waals surface area (Å²) in [7, 11) is 7.84. The van der Waals surface area contributed by atoms with Gasteiger partial charge in [0, 0.05) is 13.1 Å². The molecular formula is C10H19N5O. The lowest BCUT2D eigenvalue weighted by molar-refractivity contribution is 0.0991. The molecule has 0 fully saturated rings. The van der Waals surface area contributed by atoms with E-state index in [2.05, 4.69) is 9.97 Å². The monoisotopic (exact) mass is 225 g/mol. The maximum atomic E-state index is 11.0. The lowest BCUT2D eigenvalue weighted by atomic mass is 10.3. The summed E-state index contributed by atoms with van der Waals surface area (Å²) in [4.78, 5) is 22.2. The zero-order valence-corrected chi connectivity index (χ0v) is 10.2. The summed E-state index contributed by atoms with van der Waals surface area (Å²) >= 11 is 0. The van der Waals surface area contributed by atoms with E-state index < -0.39 is 5.91 Å². The fourth-order valence-corrected chi connectivity index (χ4v) is 1.44. The van der Waals surface area contributed by atoms with Crippen LogP contribution in [0.25, 0.3) is 0 Å². The van der Waals surface area contributed by atoms with Gasteiger partial charge in [-0.05, 0) is 28.2 Å². The van der Waals surface area contributed by atoms with Gasteiger partial charge in [0.05, 0.1) is 11.4 Å². The zero-order valence-electron chi connectivity index (χ0n) is 10.2. The maximum Gasteiger partial charge on any atom is 0.284 e. The fourth-order valence-electron chi connectivity index (χ4n) is 1.44. The summed E-state index contributed by atoms with van der Waals surface area (Å²) in [6.07, 6.45) is 0. The number of nitrogens with one attached hydrogen (secondary N) is 1. The van der Waals surface area contributed by atoms with Gasteiger partial charge in [-0.1, -0.05) is 0 Å². The van der Waals surface area contributed by atoms with E-state index in [0.29, 0.717) is 13.1 Å². The number of amides is 1. The topological polar surface area (TPSA) is 78.2 Å². The second kappa shape index (κ2) is 5.09. The van der Waals surface area contributed by atoms with Crippen LogP contribution in [-0.2, 0) is 13.1 Å². The summed E-state index contributed by atoms with van der Waals surface area (Å²) in [5, 5.41) is 0. The average Bonchev–Trinajstić information content (AvgIpc) is 2.46. The number of rotatable bonds is 5. The molecule has 0 aliphatic heterocycles. The number of hydrogen-bond donors (Lipinski definition) is 2. The molecule has 1 aromatic heterocycles. The van der Waals surface area contributed by atoms with E-state index in [4.69, 9.17) is 5.73 Å². The summed E-state index contributed by atoms with van der Waals surface area (Å²) in [5.74, 6) is -0.293. The van der Waals surface area contributed by atoms with Crippen molar-refractivity contribution in [2.45, 2.75) is 13.1 Å². The molecule has 0 bridgehead atoms. The molecule has 0 aliphatic rings. The Morgan fingerprint density at radius 1 is 1.25 bits per heavy atom. The molecule has 0 unspecified atom stereocenters. The zero-order chi connectivity index (χ0) is 12.3. The molecule has 1 amide bonds. The van der Waals surface area contributed by atoms with Crippen LogP contribution in [0.15, 0.2) is 0 Å². The van der Waals surface area contributed by atoms with Crippen LogP contribution in [0, 0.1) is 0 Å². The molecule has 0 aliphatic carbocycles. The Bertz CT molecular complexity index is 342. The average molecular weight is 225 g/mol. The minimum atomic E-state index is -0.523. The third-order valence-corrected chi connectivity index (χ3v) is 2.04. The van der Waals surface area contributed by atoms with Crippen LogP contribution in [0.5, 0.6) is 0 Å². The molecule has 0 radical (unpaired) electrons. The minimum Gasteiger partial charge on any atom is -0.363 e. The maximum absolute atomic E-state index is 11.0. The highest BCUT2D eigenvalue weighted by Crippen LogP contribution is 2.09. The summed E-state index contributed by atoms with van der Waals surface area (Å²) in [5.41, 5.74) is 7.00. The largest absolute Gasteiger partial charge is 0.363 e. The summed E-state index contributed by atoms with van der Waals surface area (Å²) < 4.78 is 0. The molecule has 6 nitrogen and oxygen atoms in total. The van der Waals surface area contributed by atoms with E-state index in [1.807, 2.05) is 38.0 Å². The quantitative estimate of drug-likeness (QED) is 0.717. The van der Waals surface area contributed by atoms with Crippen molar-refractivity contribution < 1.29 is 4.79 Å². The highest BCUT2D eigenvalue weighted by Gasteiger charge is 2.14. The minimum absolute atomic E-state index is 0.230. The van der Waals surface area contributed by atoms with Gasteiger partial charge in [0.2, 0.25) is 0 Å². The van der Waals surface area contributed by atoms with Gasteiger partial charge in [0.1, 0.15) is 0 Å². The molecule has 1 aromatic rings. The Balaban J connectivity index is 2.97. The van der Waals surface area contributed by atoms with Crippen LogP contribution < -0.4 is 5.73 Å². The number of H-pyrrole nitrogens is 1. The Morgan fingerprint density at radius 3 is 2.25 bits per heavy atom. The number of aromatic amines is 1. The van der Waals surface area contributed by atoms with Crippen molar-refractivity contribution in [2.75, 3.05) is 28.2 Å². The fraction of sp³-hybridized carbons (Fsp3) is 0.600. The molecule has 1 heterocycles. The smallest absolute Gasteiger partial charge is 0.284 e. The van der Waals surface area contributed by atoms with Crippen molar-refractivity contribution in [2.24, 2.45) is 5.73 Å². The molecule has 3 N–H and O–H groups in total. The van der Waals surface area contributed by atoms with Crippen LogP contribution in [-0.4, -0.2) is 53.9 Å². The van der Waals surface area contributed by atoms with Gasteiger partial charge in [-0.3, -0.25) is 4.79 Å². The van der Waals surface area contributed by atoms with Crippen molar-refractivity contribution in [1.29, 1.82) is 0 Å². The number of carbonyl (C=O) groups excluding carboxylic acids is 1. The van der Waals surface area contributed by atoms with Gasteiger partial charge >= 0.3 is 0 Å². The molecule has 6 heteroatoms. The number of aromatic nitrogens is 2. The molecule has 16 heavy (non-hydrogen) atoms. The van der Waals surface area contributed by atoms with Crippen molar-refractivity contribution in [3.05, 3.63) is 17.2 Å². The lowest BCUT2D eigenvalue weighted by Crippen LogP contribution is -2.16. The number of nitrogens with zero attached hydrogens (tertiary/aromatic N) is 3. The molecule has 0 aromatic carbocycles. The third-order valence-electron chi connectivity index (χ3n) is 2.04. The third kappa shape index (κ3) is 3.32. The number of hydrogen-bond acceptors (Lipinski definition) is 4. The molecule has 1 rings (SSSR count). The molecule has 0 saturated heterocycles. The standard InChI is InChI=1S/C10H19N5O/c1-14(2)5-7-8(6-15(3)4)13-10(12-7)9(11)16/h5-6H2,1-4H3,(H2,11,16)(H,12,13). The van der Waals surface area contributed by atoms with Gasteiger partial charge < -0.3 is 20.5 Å². The van der Waals surface area contributed by atoms with Crippen molar-refractivity contribution in [1.82, 2.24) is 19.8 Å². The van der Waals surface area contributed by atoms with Gasteiger partial charge in [-0.15, -0.1) is 0 Å². The van der Waals surface area contributed by atoms with Crippen molar-refractivity contribution in [3.63, 3.8) is 0 Å². The van der Waals surface area contributed by atoms with Crippen LogP contribution in [0.2, 0.25) is 0 Å². The summed E-state index contributed by atoms with van der Waals surface area (Å²) in [6.45, 7) is 1.40. The first-order chi connectivity index (χ1) is 7.40. The summed E-state index contributed by atoms with van der Waals surface area (Å²) in [6, 6.07) is 0. The second-order valence-corrected chi connectivity index (χ2v) is 4.35. The normalized spacial score (nSPS) is 11.4. The predicted octanol–water partition coefficient (Wildman–Crippen LogP) is -0.368. The van der Waals surface area contributed by atoms with E-state index in [-0.39, 0.29) is 5.82 Å². The molecule has 0 atom stereocenters. The van der Waals surface area contributed by atoms with Gasteiger partial charge in [-0.25, -0.2) is 4.98 Å². The lowest BCUT2D eigenvalue weighted by Gasteiger charge is -2.12. The Morgan fingerprint density at radius 2 is 1.81 bits per heavy atom. The predicted molar refractivity (Wildman–Crippen MR) is 61.9 cm³/mol. The van der Waals surface area contributed by atoms with Crippen LogP contribution >= 0.6 is 0 Å². The highest BCUT2D eigenvalue weighted by molar-refractivity contribution is 5.89. The Hall–Kier alpha value is -1.40. The van der Waals surface area contributed by atoms with Crippen LogP contribution in [0.1, 0.15) is 22.0 Å². The van der Waals surface area contributed by atoms with Crippen LogP contribution in [0.3, 0.4) is 0 Å². The first-order valence-electron chi connectivity index (χ1n) is 5.07. The number of carbonyl (C=O) groups is 1. The molecule has 0 saturated carbocycles. The van der Waals surface area contributed by atoms with Crippen molar-refractivity contribution >= 4 is 5.91 Å². The van der Waals surface area contributed by atoms with E-state index >= 15 is 0 Å². The Labute approximate surface area is 95.4 Å². The number of primary amides is 1. The highest BCUT2D eigenvalue weighted by atomic mass is 16.1. The van der Waals surface area contributed by atoms with Gasteiger partial charge in [0.25, 0.3) is 5.91 Å². The number of nitrogens with two attached hydrogens (primary N) is 1. The Kier molecular flexibility index (Phi) is 4.03. The first kappa shape index (κ1) is 12.7. The van der Waals surface area contributed by atoms with Crippen LogP contribution in [0.4, 0.5) is 0 Å².